The molecule has 0 aliphatic heterocycles. The Kier molecular flexibility index (Phi) is 5.41. The van der Waals surface area contributed by atoms with E-state index in [4.69, 9.17) is 9.84 Å². The normalized spacial score (nSPS) is 21.4. The van der Waals surface area contributed by atoms with E-state index in [0.717, 1.165) is 0 Å². The predicted octanol–water partition coefficient (Wildman–Crippen LogP) is 2.85. The van der Waals surface area contributed by atoms with Gasteiger partial charge < -0.3 is 15.2 Å². The Morgan fingerprint density at radius 3 is 2.41 bits per heavy atom. The molecule has 0 saturated heterocycles. The van der Waals surface area contributed by atoms with Crippen molar-refractivity contribution in [2.75, 3.05) is 0 Å². The molecule has 0 radical (unpaired) electrons. The molecule has 2 rings (SSSR count). The lowest BCUT2D eigenvalue weighted by Gasteiger charge is -2.27. The molecular formula is C17H23NO4. The maximum Gasteiger partial charge on any atom is 0.306 e. The minimum absolute atomic E-state index is 0.0000413. The van der Waals surface area contributed by atoms with Crippen LogP contribution in [0.3, 0.4) is 0 Å². The molecule has 22 heavy (non-hydrogen) atoms. The van der Waals surface area contributed by atoms with Crippen LogP contribution in [-0.2, 0) is 4.79 Å². The van der Waals surface area contributed by atoms with Crippen LogP contribution in [0, 0.1) is 5.92 Å². The highest BCUT2D eigenvalue weighted by molar-refractivity contribution is 5.97. The van der Waals surface area contributed by atoms with E-state index in [9.17, 15) is 9.59 Å². The van der Waals surface area contributed by atoms with E-state index in [1.807, 2.05) is 26.0 Å². The second-order valence-electron chi connectivity index (χ2n) is 6.02. The summed E-state index contributed by atoms with van der Waals surface area (Å²) in [6.45, 7) is 3.84. The number of ether oxygens (including phenoxy) is 1. The summed E-state index contributed by atoms with van der Waals surface area (Å²) in [6.07, 6.45) is 2.64. The molecule has 2 N–H and O–H groups in total. The van der Waals surface area contributed by atoms with E-state index in [-0.39, 0.29) is 24.0 Å². The molecule has 1 aromatic carbocycles. The van der Waals surface area contributed by atoms with Crippen LogP contribution in [-0.4, -0.2) is 29.1 Å². The molecule has 0 spiro atoms. The average Bonchev–Trinajstić information content (AvgIpc) is 2.47. The Bertz CT molecular complexity index is 533. The Morgan fingerprint density at radius 2 is 1.82 bits per heavy atom. The summed E-state index contributed by atoms with van der Waals surface area (Å²) in [5.41, 5.74) is 0.525. The standard InChI is InChI=1S/C17H23NO4/c1-11(2)22-15-6-4-3-5-14(15)16(19)18-13-9-7-12(8-10-13)17(20)21/h3-6,11-13H,7-10H2,1-2H3,(H,18,19)(H,20,21). The number of carbonyl (C=O) groups excluding carboxylic acids is 1. The lowest BCUT2D eigenvalue weighted by Crippen LogP contribution is -2.38. The van der Waals surface area contributed by atoms with E-state index in [0.29, 0.717) is 37.0 Å². The number of para-hydroxylation sites is 1. The molecule has 1 amide bonds. The lowest BCUT2D eigenvalue weighted by atomic mass is 9.86. The van der Waals surface area contributed by atoms with Crippen LogP contribution in [0.2, 0.25) is 0 Å². The van der Waals surface area contributed by atoms with E-state index < -0.39 is 5.97 Å². The van der Waals surface area contributed by atoms with Crippen molar-refractivity contribution in [3.63, 3.8) is 0 Å². The van der Waals surface area contributed by atoms with Gasteiger partial charge in [0, 0.05) is 6.04 Å². The highest BCUT2D eigenvalue weighted by atomic mass is 16.5. The van der Waals surface area contributed by atoms with Crippen LogP contribution in [0.5, 0.6) is 5.75 Å². The molecule has 0 atom stereocenters. The third-order valence-corrected chi connectivity index (χ3v) is 3.91. The van der Waals surface area contributed by atoms with Gasteiger partial charge in [0.25, 0.3) is 5.91 Å². The fraction of sp³-hybridized carbons (Fsp3) is 0.529. The smallest absolute Gasteiger partial charge is 0.306 e. The summed E-state index contributed by atoms with van der Waals surface area (Å²) in [5, 5.41) is 12.0. The second kappa shape index (κ2) is 7.29. The highest BCUT2D eigenvalue weighted by Gasteiger charge is 2.27. The van der Waals surface area contributed by atoms with Crippen molar-refractivity contribution in [3.8, 4) is 5.75 Å². The van der Waals surface area contributed by atoms with Crippen LogP contribution in [0.4, 0.5) is 0 Å². The molecule has 1 aliphatic rings. The van der Waals surface area contributed by atoms with Crippen molar-refractivity contribution in [2.45, 2.75) is 51.7 Å². The third-order valence-electron chi connectivity index (χ3n) is 3.91. The van der Waals surface area contributed by atoms with Gasteiger partial charge in [-0.1, -0.05) is 12.1 Å². The topological polar surface area (TPSA) is 75.6 Å². The van der Waals surface area contributed by atoms with Crippen LogP contribution in [0.1, 0.15) is 49.9 Å². The summed E-state index contributed by atoms with van der Waals surface area (Å²) in [7, 11) is 0. The van der Waals surface area contributed by atoms with Gasteiger partial charge in [-0.2, -0.15) is 0 Å². The zero-order chi connectivity index (χ0) is 16.1. The molecular weight excluding hydrogens is 282 g/mol. The minimum atomic E-state index is -0.736. The van der Waals surface area contributed by atoms with Crippen molar-refractivity contribution in [1.29, 1.82) is 0 Å². The van der Waals surface area contributed by atoms with Gasteiger partial charge in [-0.05, 0) is 51.7 Å². The first kappa shape index (κ1) is 16.3. The van der Waals surface area contributed by atoms with Crippen molar-refractivity contribution < 1.29 is 19.4 Å². The van der Waals surface area contributed by atoms with Gasteiger partial charge in [0.1, 0.15) is 5.75 Å². The minimum Gasteiger partial charge on any atom is -0.490 e. The van der Waals surface area contributed by atoms with Crippen LogP contribution in [0.15, 0.2) is 24.3 Å². The quantitative estimate of drug-likeness (QED) is 0.877. The Hall–Kier alpha value is -2.04. The number of benzene rings is 1. The van der Waals surface area contributed by atoms with E-state index in [1.54, 1.807) is 12.1 Å². The number of carbonyl (C=O) groups is 2. The maximum absolute atomic E-state index is 12.4. The summed E-state index contributed by atoms with van der Waals surface area (Å²) < 4.78 is 5.67. The van der Waals surface area contributed by atoms with Gasteiger partial charge in [0.2, 0.25) is 0 Å². The molecule has 0 unspecified atom stereocenters. The molecule has 0 heterocycles. The number of nitrogens with one attached hydrogen (secondary N) is 1. The van der Waals surface area contributed by atoms with Crippen molar-refractivity contribution >= 4 is 11.9 Å². The number of aliphatic carboxylic acids is 1. The Labute approximate surface area is 130 Å². The molecule has 0 aromatic heterocycles. The molecule has 5 heteroatoms. The first-order valence-electron chi connectivity index (χ1n) is 7.76. The van der Waals surface area contributed by atoms with Gasteiger partial charge in [-0.3, -0.25) is 9.59 Å². The number of amides is 1. The molecule has 1 aliphatic carbocycles. The number of carboxylic acids is 1. The van der Waals surface area contributed by atoms with Crippen LogP contribution in [0.25, 0.3) is 0 Å². The Morgan fingerprint density at radius 1 is 1.18 bits per heavy atom. The van der Waals surface area contributed by atoms with Crippen molar-refractivity contribution in [1.82, 2.24) is 5.32 Å². The fourth-order valence-electron chi connectivity index (χ4n) is 2.76. The molecule has 1 saturated carbocycles. The van der Waals surface area contributed by atoms with Crippen molar-refractivity contribution in [3.05, 3.63) is 29.8 Å². The van der Waals surface area contributed by atoms with Crippen LogP contribution < -0.4 is 10.1 Å². The first-order valence-corrected chi connectivity index (χ1v) is 7.76. The predicted molar refractivity (Wildman–Crippen MR) is 83.1 cm³/mol. The van der Waals surface area contributed by atoms with Gasteiger partial charge in [-0.25, -0.2) is 0 Å². The van der Waals surface area contributed by atoms with Crippen molar-refractivity contribution in [2.24, 2.45) is 5.92 Å². The third kappa shape index (κ3) is 4.23. The lowest BCUT2D eigenvalue weighted by molar-refractivity contribution is -0.142. The number of hydrogen-bond donors (Lipinski definition) is 2. The molecule has 0 bridgehead atoms. The zero-order valence-electron chi connectivity index (χ0n) is 13.0. The van der Waals surface area contributed by atoms with E-state index >= 15 is 0 Å². The first-order chi connectivity index (χ1) is 10.5. The number of rotatable bonds is 5. The molecule has 120 valence electrons. The van der Waals surface area contributed by atoms with Gasteiger partial charge in [0.05, 0.1) is 17.6 Å². The van der Waals surface area contributed by atoms with E-state index in [2.05, 4.69) is 5.32 Å². The van der Waals surface area contributed by atoms with Gasteiger partial charge >= 0.3 is 5.97 Å². The van der Waals surface area contributed by atoms with Gasteiger partial charge in [0.15, 0.2) is 0 Å². The monoisotopic (exact) mass is 305 g/mol. The van der Waals surface area contributed by atoms with Gasteiger partial charge in [-0.15, -0.1) is 0 Å². The highest BCUT2D eigenvalue weighted by Crippen LogP contribution is 2.25. The zero-order valence-corrected chi connectivity index (χ0v) is 13.0. The largest absolute Gasteiger partial charge is 0.490 e. The van der Waals surface area contributed by atoms with E-state index in [1.165, 1.54) is 0 Å². The average molecular weight is 305 g/mol. The van der Waals surface area contributed by atoms with Crippen LogP contribution >= 0.6 is 0 Å². The summed E-state index contributed by atoms with van der Waals surface area (Å²) in [5.74, 6) is -0.589. The number of carboxylic acid groups (broad SMARTS) is 1. The number of hydrogen-bond acceptors (Lipinski definition) is 3. The Balaban J connectivity index is 1.97. The molecule has 1 fully saturated rings. The SMILES string of the molecule is CC(C)Oc1ccccc1C(=O)NC1CCC(C(=O)O)CC1. The second-order valence-corrected chi connectivity index (χ2v) is 6.02. The summed E-state index contributed by atoms with van der Waals surface area (Å²) >= 11 is 0. The summed E-state index contributed by atoms with van der Waals surface area (Å²) in [4.78, 5) is 23.4. The molecule has 1 aromatic rings. The maximum atomic E-state index is 12.4. The fourth-order valence-corrected chi connectivity index (χ4v) is 2.76. The molecule has 5 nitrogen and oxygen atoms in total. The summed E-state index contributed by atoms with van der Waals surface area (Å²) in [6, 6.07) is 7.22.